The van der Waals surface area contributed by atoms with E-state index in [1.165, 1.54) is 11.8 Å². The first-order chi connectivity index (χ1) is 11.2. The van der Waals surface area contributed by atoms with Gasteiger partial charge in [-0.1, -0.05) is 37.3 Å². The highest BCUT2D eigenvalue weighted by molar-refractivity contribution is 7.90. The summed E-state index contributed by atoms with van der Waals surface area (Å²) in [6.45, 7) is 3.62. The summed E-state index contributed by atoms with van der Waals surface area (Å²) in [6.07, 6.45) is 4.35. The predicted molar refractivity (Wildman–Crippen MR) is 96.4 cm³/mol. The number of likely N-dealkylation sites (tertiary alicyclic amines) is 1. The number of carbonyl (C=O) groups is 1. The second-order valence-corrected chi connectivity index (χ2v) is 9.59. The van der Waals surface area contributed by atoms with Crippen molar-refractivity contribution in [3.05, 3.63) is 35.9 Å². The van der Waals surface area contributed by atoms with Crippen LogP contribution in [-0.2, 0) is 21.1 Å². The van der Waals surface area contributed by atoms with Crippen LogP contribution in [0, 0.1) is 5.41 Å². The van der Waals surface area contributed by atoms with Gasteiger partial charge in [0, 0.05) is 19.3 Å². The summed E-state index contributed by atoms with van der Waals surface area (Å²) in [5, 5.41) is 0. The summed E-state index contributed by atoms with van der Waals surface area (Å²) in [5.41, 5.74) is 7.31. The Labute approximate surface area is 145 Å². The average Bonchev–Trinajstić information content (AvgIpc) is 2.93. The number of sulfone groups is 1. The topological polar surface area (TPSA) is 80.5 Å². The van der Waals surface area contributed by atoms with Gasteiger partial charge in [0.2, 0.25) is 5.91 Å². The molecular formula is C18H28N2O3S. The molecule has 2 unspecified atom stereocenters. The Morgan fingerprint density at radius 3 is 2.62 bits per heavy atom. The molecule has 6 heteroatoms. The molecule has 0 radical (unpaired) electrons. The number of rotatable bonds is 7. The lowest BCUT2D eigenvalue weighted by atomic mass is 9.83. The number of hydrogen-bond acceptors (Lipinski definition) is 4. The van der Waals surface area contributed by atoms with Gasteiger partial charge >= 0.3 is 0 Å². The maximum Gasteiger partial charge on any atom is 0.239 e. The largest absolute Gasteiger partial charge is 0.341 e. The van der Waals surface area contributed by atoms with Gasteiger partial charge in [-0.25, -0.2) is 8.42 Å². The Kier molecular flexibility index (Phi) is 6.04. The van der Waals surface area contributed by atoms with E-state index in [-0.39, 0.29) is 23.5 Å². The fourth-order valence-corrected chi connectivity index (χ4v) is 3.89. The van der Waals surface area contributed by atoms with Crippen molar-refractivity contribution >= 4 is 15.7 Å². The summed E-state index contributed by atoms with van der Waals surface area (Å²) in [5.74, 6) is -0.166. The molecule has 1 fully saturated rings. The standard InChI is InChI=1S/C18H28N2O3S/c1-18(10-8-15-6-4-3-5-7-15)11-12-20(14-18)17(21)16(19)9-13-24(2,22)23/h3-7,16H,8-14,19H2,1-2H3. The molecule has 1 amide bonds. The molecule has 134 valence electrons. The number of nitrogens with zero attached hydrogens (tertiary/aromatic N) is 1. The van der Waals surface area contributed by atoms with Crippen LogP contribution in [0.2, 0.25) is 0 Å². The summed E-state index contributed by atoms with van der Waals surface area (Å²) in [7, 11) is -3.09. The minimum absolute atomic E-state index is 0.0426. The van der Waals surface area contributed by atoms with Crippen molar-refractivity contribution in [2.45, 2.75) is 38.6 Å². The molecule has 5 nitrogen and oxygen atoms in total. The van der Waals surface area contributed by atoms with Crippen molar-refractivity contribution in [2.24, 2.45) is 11.1 Å². The van der Waals surface area contributed by atoms with Crippen molar-refractivity contribution in [3.63, 3.8) is 0 Å². The Bertz CT molecular complexity index is 660. The molecule has 2 atom stereocenters. The molecule has 0 aromatic heterocycles. The number of benzene rings is 1. The minimum Gasteiger partial charge on any atom is -0.341 e. The summed E-state index contributed by atoms with van der Waals surface area (Å²) >= 11 is 0. The van der Waals surface area contributed by atoms with Crippen LogP contribution in [0.3, 0.4) is 0 Å². The van der Waals surface area contributed by atoms with Gasteiger partial charge in [0.15, 0.2) is 0 Å². The van der Waals surface area contributed by atoms with Gasteiger partial charge in [0.1, 0.15) is 9.84 Å². The van der Waals surface area contributed by atoms with Gasteiger partial charge in [-0.05, 0) is 36.7 Å². The van der Waals surface area contributed by atoms with Gasteiger partial charge < -0.3 is 10.6 Å². The highest BCUT2D eigenvalue weighted by Gasteiger charge is 2.37. The SMILES string of the molecule is CC1(CCc2ccccc2)CCN(C(=O)C(N)CCS(C)(=O)=O)C1. The second kappa shape index (κ2) is 7.66. The number of nitrogens with two attached hydrogens (primary N) is 1. The van der Waals surface area contributed by atoms with Crippen molar-refractivity contribution in [1.29, 1.82) is 0 Å². The quantitative estimate of drug-likeness (QED) is 0.808. The number of hydrogen-bond donors (Lipinski definition) is 1. The molecule has 1 aliphatic heterocycles. The Balaban J connectivity index is 1.85. The molecule has 2 rings (SSSR count). The van der Waals surface area contributed by atoms with E-state index in [0.29, 0.717) is 13.1 Å². The highest BCUT2D eigenvalue weighted by Crippen LogP contribution is 2.34. The molecule has 1 heterocycles. The van der Waals surface area contributed by atoms with Gasteiger partial charge in [-0.3, -0.25) is 4.79 Å². The lowest BCUT2D eigenvalue weighted by Crippen LogP contribution is -2.44. The third-order valence-electron chi connectivity index (χ3n) is 4.85. The molecule has 1 saturated heterocycles. The number of aryl methyl sites for hydroxylation is 1. The van der Waals surface area contributed by atoms with Crippen LogP contribution in [0.4, 0.5) is 0 Å². The van der Waals surface area contributed by atoms with Crippen LogP contribution in [0.1, 0.15) is 31.7 Å². The third kappa shape index (κ3) is 5.60. The maximum absolute atomic E-state index is 12.4. The molecular weight excluding hydrogens is 324 g/mol. The minimum atomic E-state index is -3.09. The van der Waals surface area contributed by atoms with Gasteiger partial charge in [-0.2, -0.15) is 0 Å². The summed E-state index contributed by atoms with van der Waals surface area (Å²) < 4.78 is 22.4. The third-order valence-corrected chi connectivity index (χ3v) is 5.82. The molecule has 0 aliphatic carbocycles. The normalized spacial score (nSPS) is 22.5. The maximum atomic E-state index is 12.4. The molecule has 0 bridgehead atoms. The first kappa shape index (κ1) is 18.9. The van der Waals surface area contributed by atoms with Crippen molar-refractivity contribution in [1.82, 2.24) is 4.90 Å². The van der Waals surface area contributed by atoms with Gasteiger partial charge in [-0.15, -0.1) is 0 Å². The fraction of sp³-hybridized carbons (Fsp3) is 0.611. The molecule has 1 aromatic carbocycles. The van der Waals surface area contributed by atoms with E-state index in [0.717, 1.165) is 19.3 Å². The summed E-state index contributed by atoms with van der Waals surface area (Å²) in [4.78, 5) is 14.2. The molecule has 1 aliphatic rings. The van der Waals surface area contributed by atoms with Crippen molar-refractivity contribution in [3.8, 4) is 0 Å². The molecule has 1 aromatic rings. The zero-order valence-electron chi connectivity index (χ0n) is 14.6. The average molecular weight is 353 g/mol. The van der Waals surface area contributed by atoms with Crippen molar-refractivity contribution < 1.29 is 13.2 Å². The fourth-order valence-electron chi connectivity index (χ4n) is 3.21. The zero-order valence-corrected chi connectivity index (χ0v) is 15.4. The van der Waals surface area contributed by atoms with Gasteiger partial charge in [0.25, 0.3) is 0 Å². The van der Waals surface area contributed by atoms with E-state index in [1.807, 2.05) is 18.2 Å². The summed E-state index contributed by atoms with van der Waals surface area (Å²) in [6, 6.07) is 9.63. The van der Waals surface area contributed by atoms with Crippen molar-refractivity contribution in [2.75, 3.05) is 25.1 Å². The number of carbonyl (C=O) groups excluding carboxylic acids is 1. The first-order valence-electron chi connectivity index (χ1n) is 8.45. The smallest absolute Gasteiger partial charge is 0.239 e. The highest BCUT2D eigenvalue weighted by atomic mass is 32.2. The van der Waals surface area contributed by atoms with Crippen LogP contribution in [-0.4, -0.2) is 50.4 Å². The van der Waals surface area contributed by atoms with Crippen LogP contribution in [0.25, 0.3) is 0 Å². The molecule has 2 N–H and O–H groups in total. The monoisotopic (exact) mass is 352 g/mol. The van der Waals surface area contributed by atoms with E-state index in [1.54, 1.807) is 4.90 Å². The van der Waals surface area contributed by atoms with E-state index >= 15 is 0 Å². The van der Waals surface area contributed by atoms with Crippen LogP contribution in [0.15, 0.2) is 30.3 Å². The van der Waals surface area contributed by atoms with E-state index in [9.17, 15) is 13.2 Å². The van der Waals surface area contributed by atoms with Crippen LogP contribution in [0.5, 0.6) is 0 Å². The Morgan fingerprint density at radius 1 is 1.33 bits per heavy atom. The molecule has 0 spiro atoms. The second-order valence-electron chi connectivity index (χ2n) is 7.33. The van der Waals surface area contributed by atoms with Crippen LogP contribution < -0.4 is 5.73 Å². The molecule has 0 saturated carbocycles. The lowest BCUT2D eigenvalue weighted by molar-refractivity contribution is -0.132. The first-order valence-corrected chi connectivity index (χ1v) is 10.5. The number of amides is 1. The lowest BCUT2D eigenvalue weighted by Gasteiger charge is -2.26. The predicted octanol–water partition coefficient (Wildman–Crippen LogP) is 1.62. The molecule has 24 heavy (non-hydrogen) atoms. The van der Waals surface area contributed by atoms with E-state index < -0.39 is 15.9 Å². The van der Waals surface area contributed by atoms with E-state index in [2.05, 4.69) is 19.1 Å². The Hall–Kier alpha value is -1.40. The van der Waals surface area contributed by atoms with Gasteiger partial charge in [0.05, 0.1) is 11.8 Å². The zero-order chi connectivity index (χ0) is 17.8. The Morgan fingerprint density at radius 2 is 2.00 bits per heavy atom. The van der Waals surface area contributed by atoms with E-state index in [4.69, 9.17) is 5.73 Å². The van der Waals surface area contributed by atoms with Crippen LogP contribution >= 0.6 is 0 Å².